The van der Waals surface area contributed by atoms with Crippen molar-refractivity contribution in [2.45, 2.75) is 19.4 Å². The number of pyridine rings is 1. The van der Waals surface area contributed by atoms with Gasteiger partial charge in [-0.2, -0.15) is 11.8 Å². The number of nitrogen functional groups attached to an aromatic ring is 1. The quantitative estimate of drug-likeness (QED) is 0.598. The number of hydrogen-bond acceptors (Lipinski definition) is 6. The van der Waals surface area contributed by atoms with E-state index in [4.69, 9.17) is 5.73 Å². The van der Waals surface area contributed by atoms with Crippen LogP contribution in [0.5, 0.6) is 0 Å². The van der Waals surface area contributed by atoms with Crippen molar-refractivity contribution in [3.8, 4) is 0 Å². The number of nitrogens with one attached hydrogen (secondary N) is 1. The molecule has 0 aromatic carbocycles. The van der Waals surface area contributed by atoms with Crippen molar-refractivity contribution in [1.29, 1.82) is 0 Å². The summed E-state index contributed by atoms with van der Waals surface area (Å²) in [5.74, 6) is 1.53. The van der Waals surface area contributed by atoms with Crippen molar-refractivity contribution in [1.82, 2.24) is 4.98 Å². The summed E-state index contributed by atoms with van der Waals surface area (Å²) >= 11 is 1.71. The van der Waals surface area contributed by atoms with E-state index in [9.17, 15) is 10.1 Å². The Kier molecular flexibility index (Phi) is 5.02. The van der Waals surface area contributed by atoms with E-state index in [1.54, 1.807) is 11.8 Å². The van der Waals surface area contributed by atoms with Crippen LogP contribution in [0.3, 0.4) is 0 Å². The SMILES string of the molecule is CCC(CSC)Nc1cc([N+](=O)[O-])cc(N)n1. The van der Waals surface area contributed by atoms with Crippen LogP contribution in [0.25, 0.3) is 0 Å². The molecule has 0 amide bonds. The first-order chi connectivity index (χ1) is 8.06. The highest BCUT2D eigenvalue weighted by Crippen LogP contribution is 2.20. The van der Waals surface area contributed by atoms with Gasteiger partial charge in [0.25, 0.3) is 5.69 Å². The first-order valence-electron chi connectivity index (χ1n) is 5.24. The number of rotatable bonds is 6. The predicted molar refractivity (Wildman–Crippen MR) is 71.4 cm³/mol. The van der Waals surface area contributed by atoms with Gasteiger partial charge >= 0.3 is 0 Å². The zero-order valence-corrected chi connectivity index (χ0v) is 10.7. The summed E-state index contributed by atoms with van der Waals surface area (Å²) in [5, 5.41) is 13.8. The Morgan fingerprint density at radius 2 is 2.35 bits per heavy atom. The van der Waals surface area contributed by atoms with Gasteiger partial charge in [-0.15, -0.1) is 0 Å². The van der Waals surface area contributed by atoms with Gasteiger partial charge in [0.1, 0.15) is 11.6 Å². The summed E-state index contributed by atoms with van der Waals surface area (Å²) in [6.07, 6.45) is 2.94. The second-order valence-corrected chi connectivity index (χ2v) is 4.51. The van der Waals surface area contributed by atoms with Gasteiger partial charge < -0.3 is 11.1 Å². The number of hydrogen-bond donors (Lipinski definition) is 2. The van der Waals surface area contributed by atoms with E-state index in [0.717, 1.165) is 12.2 Å². The summed E-state index contributed by atoms with van der Waals surface area (Å²) < 4.78 is 0. The zero-order valence-electron chi connectivity index (χ0n) is 9.84. The molecule has 1 heterocycles. The van der Waals surface area contributed by atoms with Crippen molar-refractivity contribution < 1.29 is 4.92 Å². The third-order valence-electron chi connectivity index (χ3n) is 2.25. The molecule has 7 heteroatoms. The van der Waals surface area contributed by atoms with Gasteiger partial charge in [0.05, 0.1) is 17.1 Å². The number of nitrogens with two attached hydrogens (primary N) is 1. The third-order valence-corrected chi connectivity index (χ3v) is 2.99. The minimum atomic E-state index is -0.473. The smallest absolute Gasteiger partial charge is 0.276 e. The monoisotopic (exact) mass is 256 g/mol. The summed E-state index contributed by atoms with van der Waals surface area (Å²) in [7, 11) is 0. The van der Waals surface area contributed by atoms with Gasteiger partial charge in [-0.25, -0.2) is 4.98 Å². The molecule has 0 aliphatic heterocycles. The Bertz CT molecular complexity index is 400. The van der Waals surface area contributed by atoms with Crippen LogP contribution >= 0.6 is 11.8 Å². The summed E-state index contributed by atoms with van der Waals surface area (Å²) in [4.78, 5) is 14.2. The molecule has 0 saturated heterocycles. The Morgan fingerprint density at radius 1 is 1.65 bits per heavy atom. The normalized spacial score (nSPS) is 12.1. The lowest BCUT2D eigenvalue weighted by Gasteiger charge is -2.16. The lowest BCUT2D eigenvalue weighted by Crippen LogP contribution is -2.22. The van der Waals surface area contributed by atoms with Crippen LogP contribution in [0.2, 0.25) is 0 Å². The van der Waals surface area contributed by atoms with Crippen molar-refractivity contribution >= 4 is 29.1 Å². The first kappa shape index (κ1) is 13.6. The number of thioether (sulfide) groups is 1. The molecular formula is C10H16N4O2S. The minimum absolute atomic E-state index is 0.0426. The average Bonchev–Trinajstić information content (AvgIpc) is 2.27. The van der Waals surface area contributed by atoms with Crippen LogP contribution in [0.4, 0.5) is 17.3 Å². The van der Waals surface area contributed by atoms with E-state index in [1.807, 2.05) is 6.26 Å². The number of anilines is 2. The van der Waals surface area contributed by atoms with Crippen molar-refractivity contribution in [3.63, 3.8) is 0 Å². The maximum absolute atomic E-state index is 10.7. The van der Waals surface area contributed by atoms with Crippen LogP contribution in [-0.4, -0.2) is 28.0 Å². The molecule has 1 rings (SSSR count). The maximum atomic E-state index is 10.7. The second-order valence-electron chi connectivity index (χ2n) is 3.60. The van der Waals surface area contributed by atoms with Crippen molar-refractivity contribution in [2.24, 2.45) is 0 Å². The number of aromatic nitrogens is 1. The third kappa shape index (κ3) is 4.10. The van der Waals surface area contributed by atoms with Crippen LogP contribution < -0.4 is 11.1 Å². The lowest BCUT2D eigenvalue weighted by molar-refractivity contribution is -0.384. The molecule has 17 heavy (non-hydrogen) atoms. The Hall–Kier alpha value is -1.50. The van der Waals surface area contributed by atoms with Gasteiger partial charge in [-0.05, 0) is 12.7 Å². The Morgan fingerprint density at radius 3 is 2.88 bits per heavy atom. The molecule has 0 fully saturated rings. The highest BCUT2D eigenvalue weighted by molar-refractivity contribution is 7.98. The molecule has 0 aliphatic carbocycles. The van der Waals surface area contributed by atoms with E-state index < -0.39 is 4.92 Å². The summed E-state index contributed by atoms with van der Waals surface area (Å²) in [6, 6.07) is 2.89. The van der Waals surface area contributed by atoms with Crippen LogP contribution in [-0.2, 0) is 0 Å². The molecule has 1 unspecified atom stereocenters. The van der Waals surface area contributed by atoms with Crippen LogP contribution in [0.15, 0.2) is 12.1 Å². The topological polar surface area (TPSA) is 94.1 Å². The molecule has 0 bridgehead atoms. The van der Waals surface area contributed by atoms with E-state index in [1.165, 1.54) is 12.1 Å². The molecule has 94 valence electrons. The van der Waals surface area contributed by atoms with E-state index in [-0.39, 0.29) is 17.5 Å². The molecule has 1 aromatic heterocycles. The fourth-order valence-electron chi connectivity index (χ4n) is 1.39. The highest BCUT2D eigenvalue weighted by Gasteiger charge is 2.12. The fraction of sp³-hybridized carbons (Fsp3) is 0.500. The lowest BCUT2D eigenvalue weighted by atomic mass is 10.2. The largest absolute Gasteiger partial charge is 0.383 e. The molecule has 6 nitrogen and oxygen atoms in total. The number of nitro groups is 1. The van der Waals surface area contributed by atoms with Gasteiger partial charge in [0, 0.05) is 11.8 Å². The van der Waals surface area contributed by atoms with E-state index in [0.29, 0.717) is 5.82 Å². The van der Waals surface area contributed by atoms with Gasteiger partial charge in [-0.3, -0.25) is 10.1 Å². The summed E-state index contributed by atoms with van der Waals surface area (Å²) in [5.41, 5.74) is 5.48. The molecule has 0 saturated carbocycles. The van der Waals surface area contributed by atoms with Crippen LogP contribution in [0, 0.1) is 10.1 Å². The molecule has 3 N–H and O–H groups in total. The average molecular weight is 256 g/mol. The highest BCUT2D eigenvalue weighted by atomic mass is 32.2. The predicted octanol–water partition coefficient (Wildman–Crippen LogP) is 2.13. The van der Waals surface area contributed by atoms with E-state index >= 15 is 0 Å². The molecule has 0 spiro atoms. The van der Waals surface area contributed by atoms with Crippen LogP contribution in [0.1, 0.15) is 13.3 Å². The second kappa shape index (κ2) is 6.29. The molecule has 0 radical (unpaired) electrons. The fourth-order valence-corrected chi connectivity index (χ4v) is 2.11. The minimum Gasteiger partial charge on any atom is -0.383 e. The number of nitrogens with zero attached hydrogens (tertiary/aromatic N) is 2. The molecular weight excluding hydrogens is 240 g/mol. The Balaban J connectivity index is 2.86. The van der Waals surface area contributed by atoms with E-state index in [2.05, 4.69) is 17.2 Å². The maximum Gasteiger partial charge on any atom is 0.276 e. The summed E-state index contributed by atoms with van der Waals surface area (Å²) in [6.45, 7) is 2.05. The van der Waals surface area contributed by atoms with Crippen molar-refractivity contribution in [3.05, 3.63) is 22.2 Å². The zero-order chi connectivity index (χ0) is 12.8. The molecule has 0 aliphatic rings. The standard InChI is InChI=1S/C10H16N4O2S/c1-3-7(6-17-2)12-10-5-8(14(15)16)4-9(11)13-10/h4-5,7H,3,6H2,1-2H3,(H3,11,12,13). The Labute approximate surface area is 104 Å². The molecule has 1 atom stereocenters. The first-order valence-corrected chi connectivity index (χ1v) is 6.63. The van der Waals surface area contributed by atoms with Gasteiger partial charge in [-0.1, -0.05) is 6.92 Å². The van der Waals surface area contributed by atoms with Crippen molar-refractivity contribution in [2.75, 3.05) is 23.1 Å². The van der Waals surface area contributed by atoms with Gasteiger partial charge in [0.2, 0.25) is 0 Å². The van der Waals surface area contributed by atoms with Gasteiger partial charge in [0.15, 0.2) is 0 Å². The molecule has 1 aromatic rings.